The maximum atomic E-state index is 10.8. The van der Waals surface area contributed by atoms with Crippen LogP contribution in [0.1, 0.15) is 73.1 Å². The van der Waals surface area contributed by atoms with Gasteiger partial charge in [-0.1, -0.05) is 64.2 Å². The van der Waals surface area contributed by atoms with Gasteiger partial charge in [0.05, 0.1) is 0 Å². The summed E-state index contributed by atoms with van der Waals surface area (Å²) in [5.41, 5.74) is 1.37. The lowest BCUT2D eigenvalue weighted by Gasteiger charge is -2.12. The van der Waals surface area contributed by atoms with Crippen LogP contribution < -0.4 is 0 Å². The van der Waals surface area contributed by atoms with Crippen LogP contribution in [0.3, 0.4) is 0 Å². The van der Waals surface area contributed by atoms with Crippen molar-refractivity contribution >= 4 is 5.78 Å². The Kier molecular flexibility index (Phi) is 10.5. The number of carbonyl (C=O) groups is 1. The van der Waals surface area contributed by atoms with E-state index in [2.05, 4.69) is 33.8 Å². The van der Waals surface area contributed by atoms with Gasteiger partial charge in [-0.15, -0.1) is 0 Å². The summed E-state index contributed by atoms with van der Waals surface area (Å²) >= 11 is 0. The fourth-order valence-electron chi connectivity index (χ4n) is 2.18. The fraction of sp³-hybridized carbons (Fsp3) is 0.722. The van der Waals surface area contributed by atoms with Crippen molar-refractivity contribution in [2.75, 3.05) is 0 Å². The third-order valence-corrected chi connectivity index (χ3v) is 3.46. The molecule has 110 valence electrons. The molecular weight excluding hydrogens is 232 g/mol. The number of carbonyl (C=O) groups excluding carboxylic acids is 1. The Labute approximate surface area is 120 Å². The zero-order valence-corrected chi connectivity index (χ0v) is 13.5. The van der Waals surface area contributed by atoms with Gasteiger partial charge in [-0.05, 0) is 44.6 Å². The molecule has 0 aromatic rings. The predicted octanol–water partition coefficient (Wildman–Crippen LogP) is 5.71. The van der Waals surface area contributed by atoms with Gasteiger partial charge in [-0.25, -0.2) is 0 Å². The van der Waals surface area contributed by atoms with Gasteiger partial charge < -0.3 is 0 Å². The molecule has 0 aliphatic carbocycles. The molecule has 19 heavy (non-hydrogen) atoms. The van der Waals surface area contributed by atoms with Crippen LogP contribution in [0.15, 0.2) is 23.8 Å². The second-order valence-corrected chi connectivity index (χ2v) is 6.30. The van der Waals surface area contributed by atoms with E-state index in [9.17, 15) is 4.79 Å². The van der Waals surface area contributed by atoms with Crippen LogP contribution in [-0.2, 0) is 4.79 Å². The Hall–Kier alpha value is -0.850. The van der Waals surface area contributed by atoms with Crippen molar-refractivity contribution in [2.45, 2.75) is 73.1 Å². The maximum Gasteiger partial charge on any atom is 0.152 e. The second kappa shape index (κ2) is 11.0. The standard InChI is InChI=1S/C18H32O/c1-15(2)9-6-10-16(3)11-7-12-17(4)13-8-14-18(5)19/h8,13-16H,6-7,9-12H2,1-5H3/b14-8-,17-13+. The van der Waals surface area contributed by atoms with Gasteiger partial charge in [-0.2, -0.15) is 0 Å². The van der Waals surface area contributed by atoms with E-state index in [1.807, 2.05) is 6.08 Å². The zero-order valence-electron chi connectivity index (χ0n) is 13.5. The number of allylic oxidation sites excluding steroid dienone is 4. The summed E-state index contributed by atoms with van der Waals surface area (Å²) in [6.45, 7) is 10.7. The van der Waals surface area contributed by atoms with E-state index in [0.29, 0.717) is 0 Å². The molecule has 0 rings (SSSR count). The number of rotatable bonds is 10. The van der Waals surface area contributed by atoms with Crippen molar-refractivity contribution in [3.63, 3.8) is 0 Å². The first kappa shape index (κ1) is 18.1. The predicted molar refractivity (Wildman–Crippen MR) is 85.3 cm³/mol. The molecule has 1 nitrogen and oxygen atoms in total. The number of hydrogen-bond acceptors (Lipinski definition) is 1. The molecule has 0 fully saturated rings. The Morgan fingerprint density at radius 3 is 2.21 bits per heavy atom. The summed E-state index contributed by atoms with van der Waals surface area (Å²) in [7, 11) is 0. The first-order chi connectivity index (χ1) is 8.91. The molecule has 0 amide bonds. The van der Waals surface area contributed by atoms with Crippen molar-refractivity contribution < 1.29 is 4.79 Å². The molecule has 0 aliphatic heterocycles. The SMILES string of the molecule is CC(=O)/C=C\C=C(/C)CCCC(C)CCCC(C)C. The van der Waals surface area contributed by atoms with Crippen LogP contribution in [-0.4, -0.2) is 5.78 Å². The largest absolute Gasteiger partial charge is 0.295 e. The van der Waals surface area contributed by atoms with E-state index in [0.717, 1.165) is 18.3 Å². The lowest BCUT2D eigenvalue weighted by molar-refractivity contribution is -0.112. The molecule has 1 heteroatoms. The Balaban J connectivity index is 3.69. The molecule has 0 bridgehead atoms. The molecule has 0 spiro atoms. The average molecular weight is 264 g/mol. The van der Waals surface area contributed by atoms with Gasteiger partial charge in [0.2, 0.25) is 0 Å². The lowest BCUT2D eigenvalue weighted by atomic mass is 9.94. The smallest absolute Gasteiger partial charge is 0.152 e. The van der Waals surface area contributed by atoms with E-state index in [1.165, 1.54) is 37.7 Å². The summed E-state index contributed by atoms with van der Waals surface area (Å²) in [6.07, 6.45) is 13.4. The fourth-order valence-corrected chi connectivity index (χ4v) is 2.18. The van der Waals surface area contributed by atoms with Gasteiger partial charge >= 0.3 is 0 Å². The monoisotopic (exact) mass is 264 g/mol. The normalized spacial score (nSPS) is 14.3. The minimum Gasteiger partial charge on any atom is -0.295 e. The van der Waals surface area contributed by atoms with Gasteiger partial charge in [-0.3, -0.25) is 4.79 Å². The molecule has 0 aliphatic rings. The van der Waals surface area contributed by atoms with Crippen LogP contribution >= 0.6 is 0 Å². The summed E-state index contributed by atoms with van der Waals surface area (Å²) in [4.78, 5) is 10.8. The highest BCUT2D eigenvalue weighted by molar-refractivity contribution is 5.87. The molecule has 0 heterocycles. The number of ketones is 1. The van der Waals surface area contributed by atoms with Crippen molar-refractivity contribution in [1.29, 1.82) is 0 Å². The summed E-state index contributed by atoms with van der Waals surface area (Å²) < 4.78 is 0. The van der Waals surface area contributed by atoms with Gasteiger partial charge in [0.1, 0.15) is 0 Å². The molecule has 0 N–H and O–H groups in total. The first-order valence-electron chi connectivity index (χ1n) is 7.76. The molecule has 1 unspecified atom stereocenters. The van der Waals surface area contributed by atoms with E-state index in [1.54, 1.807) is 13.0 Å². The van der Waals surface area contributed by atoms with Gasteiger partial charge in [0.25, 0.3) is 0 Å². The van der Waals surface area contributed by atoms with Crippen molar-refractivity contribution in [3.8, 4) is 0 Å². The van der Waals surface area contributed by atoms with Crippen LogP contribution in [0.25, 0.3) is 0 Å². The highest BCUT2D eigenvalue weighted by atomic mass is 16.1. The molecule has 0 radical (unpaired) electrons. The molecule has 0 saturated heterocycles. The Morgan fingerprint density at radius 2 is 1.63 bits per heavy atom. The highest BCUT2D eigenvalue weighted by Crippen LogP contribution is 2.18. The Bertz CT molecular complexity index is 297. The number of hydrogen-bond donors (Lipinski definition) is 0. The summed E-state index contributed by atoms with van der Waals surface area (Å²) in [5, 5.41) is 0. The second-order valence-electron chi connectivity index (χ2n) is 6.30. The maximum absolute atomic E-state index is 10.8. The molecule has 1 atom stereocenters. The van der Waals surface area contributed by atoms with E-state index >= 15 is 0 Å². The summed E-state index contributed by atoms with van der Waals surface area (Å²) in [6, 6.07) is 0. The molecular formula is C18H32O. The quantitative estimate of drug-likeness (QED) is 0.365. The van der Waals surface area contributed by atoms with E-state index in [4.69, 9.17) is 0 Å². The topological polar surface area (TPSA) is 17.1 Å². The van der Waals surface area contributed by atoms with Crippen LogP contribution in [0.4, 0.5) is 0 Å². The van der Waals surface area contributed by atoms with Crippen molar-refractivity contribution in [1.82, 2.24) is 0 Å². The summed E-state index contributed by atoms with van der Waals surface area (Å²) in [5.74, 6) is 1.80. The minimum atomic E-state index is 0.114. The zero-order chi connectivity index (χ0) is 14.7. The van der Waals surface area contributed by atoms with Gasteiger partial charge in [0, 0.05) is 0 Å². The minimum absolute atomic E-state index is 0.114. The molecule has 0 aromatic heterocycles. The third kappa shape index (κ3) is 13.4. The lowest BCUT2D eigenvalue weighted by Crippen LogP contribution is -1.97. The van der Waals surface area contributed by atoms with Gasteiger partial charge in [0.15, 0.2) is 5.78 Å². The van der Waals surface area contributed by atoms with E-state index < -0.39 is 0 Å². The molecule has 0 aromatic carbocycles. The van der Waals surface area contributed by atoms with Crippen LogP contribution in [0.5, 0.6) is 0 Å². The van der Waals surface area contributed by atoms with Crippen molar-refractivity contribution in [3.05, 3.63) is 23.8 Å². The van der Waals surface area contributed by atoms with Crippen molar-refractivity contribution in [2.24, 2.45) is 11.8 Å². The van der Waals surface area contributed by atoms with Crippen LogP contribution in [0.2, 0.25) is 0 Å². The van der Waals surface area contributed by atoms with E-state index in [-0.39, 0.29) is 5.78 Å². The Morgan fingerprint density at radius 1 is 1.00 bits per heavy atom. The van der Waals surface area contributed by atoms with Crippen LogP contribution in [0, 0.1) is 11.8 Å². The molecule has 0 saturated carbocycles. The first-order valence-corrected chi connectivity index (χ1v) is 7.76. The third-order valence-electron chi connectivity index (χ3n) is 3.46. The average Bonchev–Trinajstić information content (AvgIpc) is 2.27. The highest BCUT2D eigenvalue weighted by Gasteiger charge is 2.03.